The number of fused-ring (bicyclic) bond motifs is 1. The van der Waals surface area contributed by atoms with Gasteiger partial charge in [-0.05, 0) is 47.3 Å². The van der Waals surface area contributed by atoms with Gasteiger partial charge in [-0.15, -0.1) is 0 Å². The van der Waals surface area contributed by atoms with Crippen LogP contribution in [-0.2, 0) is 6.18 Å². The van der Waals surface area contributed by atoms with E-state index in [1.165, 1.54) is 10.7 Å². The molecule has 3 atom stereocenters. The van der Waals surface area contributed by atoms with Crippen LogP contribution in [0.5, 0.6) is 0 Å². The Morgan fingerprint density at radius 1 is 1.17 bits per heavy atom. The Hall–Kier alpha value is -3.66. The molecule has 178 valence electrons. The second-order valence-electron chi connectivity index (χ2n) is 8.26. The van der Waals surface area contributed by atoms with E-state index in [9.17, 15) is 23.2 Å². The molecule has 1 saturated carbocycles. The molecule has 5 rings (SSSR count). The van der Waals surface area contributed by atoms with E-state index in [1.54, 1.807) is 19.3 Å². The molecule has 0 bridgehead atoms. The molecule has 0 unspecified atom stereocenters. The number of nitriles is 1. The topological polar surface area (TPSA) is 126 Å². The highest BCUT2D eigenvalue weighted by Crippen LogP contribution is 2.46. The zero-order valence-corrected chi connectivity index (χ0v) is 19.7. The minimum absolute atomic E-state index is 0.0266. The second kappa shape index (κ2) is 8.53. The van der Waals surface area contributed by atoms with Crippen LogP contribution >= 0.6 is 15.9 Å². The van der Waals surface area contributed by atoms with Crippen molar-refractivity contribution >= 4 is 27.0 Å². The number of hydrogen-bond acceptors (Lipinski definition) is 7. The monoisotopic (exact) mass is 544 g/mol. The van der Waals surface area contributed by atoms with Gasteiger partial charge in [0.1, 0.15) is 28.8 Å². The minimum atomic E-state index is -4.56. The molecule has 0 radical (unpaired) electrons. The smallest absolute Gasteiger partial charge is 0.310 e. The van der Waals surface area contributed by atoms with Crippen LogP contribution in [0.15, 0.2) is 40.0 Å². The zero-order chi connectivity index (χ0) is 24.9. The number of hydrogen-bond donors (Lipinski definition) is 1. The molecule has 1 aliphatic rings. The number of alkyl halides is 3. The minimum Gasteiger partial charge on any atom is -0.310 e. The lowest BCUT2D eigenvalue weighted by Gasteiger charge is -2.34. The maximum atomic E-state index is 13.0. The van der Waals surface area contributed by atoms with Crippen LogP contribution in [-0.4, -0.2) is 34.7 Å². The first-order chi connectivity index (χ1) is 16.7. The first kappa shape index (κ1) is 23.1. The number of aromatic amines is 1. The summed E-state index contributed by atoms with van der Waals surface area (Å²) in [6.45, 7) is 1.68. The third-order valence-corrected chi connectivity index (χ3v) is 6.62. The van der Waals surface area contributed by atoms with E-state index < -0.39 is 23.5 Å². The Kier molecular flexibility index (Phi) is 5.63. The molecule has 4 aromatic rings. The van der Waals surface area contributed by atoms with Crippen LogP contribution in [0, 0.1) is 11.3 Å². The Balaban J connectivity index is 1.56. The highest BCUT2D eigenvalue weighted by atomic mass is 79.9. The third-order valence-electron chi connectivity index (χ3n) is 6.21. The predicted molar refractivity (Wildman–Crippen MR) is 120 cm³/mol. The van der Waals surface area contributed by atoms with E-state index in [2.05, 4.69) is 45.9 Å². The number of H-pyrrole nitrogens is 1. The van der Waals surface area contributed by atoms with E-state index in [0.717, 1.165) is 29.6 Å². The summed E-state index contributed by atoms with van der Waals surface area (Å²) in [6.07, 6.45) is 1.44. The summed E-state index contributed by atoms with van der Waals surface area (Å²) in [6, 6.07) is 3.44. The van der Waals surface area contributed by atoms with Gasteiger partial charge in [0, 0.05) is 30.4 Å². The fraction of sp³-hybridized carbons (Fsp3) is 0.318. The fourth-order valence-corrected chi connectivity index (χ4v) is 4.40. The van der Waals surface area contributed by atoms with E-state index in [0.29, 0.717) is 17.2 Å². The predicted octanol–water partition coefficient (Wildman–Crippen LogP) is 4.23. The third kappa shape index (κ3) is 4.07. The van der Waals surface area contributed by atoms with Gasteiger partial charge in [-0.1, -0.05) is 6.07 Å². The van der Waals surface area contributed by atoms with Crippen LogP contribution in [0.3, 0.4) is 0 Å². The molecule has 13 heteroatoms. The van der Waals surface area contributed by atoms with E-state index in [1.807, 2.05) is 6.07 Å². The van der Waals surface area contributed by atoms with Gasteiger partial charge < -0.3 is 4.98 Å². The number of aromatic nitrogens is 7. The molecule has 35 heavy (non-hydrogen) atoms. The quantitative estimate of drug-likeness (QED) is 0.407. The van der Waals surface area contributed by atoms with Crippen molar-refractivity contribution in [3.8, 4) is 6.07 Å². The van der Waals surface area contributed by atoms with Gasteiger partial charge in [0.05, 0.1) is 10.5 Å². The first-order valence-electron chi connectivity index (χ1n) is 10.6. The second-order valence-corrected chi connectivity index (χ2v) is 9.17. The van der Waals surface area contributed by atoms with Crippen LogP contribution in [0.4, 0.5) is 13.2 Å². The molecular weight excluding hydrogens is 529 g/mol. The highest BCUT2D eigenvalue weighted by Gasteiger charge is 2.38. The average molecular weight is 545 g/mol. The molecular formula is C22H16BrF3N8O. The number of halogens is 4. The summed E-state index contributed by atoms with van der Waals surface area (Å²) in [5, 5.41) is 13.8. The molecule has 1 fully saturated rings. The molecule has 0 saturated heterocycles. The maximum absolute atomic E-state index is 13.0. The van der Waals surface area contributed by atoms with Crippen LogP contribution in [0.2, 0.25) is 0 Å². The fourth-order valence-electron chi connectivity index (χ4n) is 4.20. The summed E-state index contributed by atoms with van der Waals surface area (Å²) in [5.74, 6) is 0.897. The Morgan fingerprint density at radius 2 is 1.89 bits per heavy atom. The van der Waals surface area contributed by atoms with Crippen molar-refractivity contribution in [1.29, 1.82) is 5.26 Å². The largest absolute Gasteiger partial charge is 0.433 e. The van der Waals surface area contributed by atoms with E-state index >= 15 is 0 Å². The Morgan fingerprint density at radius 3 is 2.46 bits per heavy atom. The molecule has 4 aromatic heterocycles. The van der Waals surface area contributed by atoms with Gasteiger partial charge >= 0.3 is 6.18 Å². The lowest BCUT2D eigenvalue weighted by Crippen LogP contribution is -2.28. The number of nitrogens with one attached hydrogen (secondary N) is 1. The number of nitrogens with zero attached hydrogens (tertiary/aromatic N) is 7. The molecule has 0 aliphatic heterocycles. The van der Waals surface area contributed by atoms with Crippen molar-refractivity contribution in [2.75, 3.05) is 0 Å². The summed E-state index contributed by atoms with van der Waals surface area (Å²) in [4.78, 5) is 32.6. The van der Waals surface area contributed by atoms with Gasteiger partial charge in [-0.3, -0.25) is 9.78 Å². The van der Waals surface area contributed by atoms with Crippen molar-refractivity contribution in [2.24, 2.45) is 0 Å². The first-order valence-corrected chi connectivity index (χ1v) is 11.4. The van der Waals surface area contributed by atoms with Crippen LogP contribution in [0.25, 0.3) is 11.0 Å². The van der Waals surface area contributed by atoms with Crippen molar-refractivity contribution in [3.63, 3.8) is 0 Å². The van der Waals surface area contributed by atoms with Gasteiger partial charge in [-0.2, -0.15) is 23.5 Å². The standard InChI is InChI=1S/C22H16BrF3N8O/c1-10(11-2-5-16(28-7-11)22(24,25)26)34-20-17(15(6-27)33-34)21(35)32-19(31-20)14-4-3-13(14)18-29-8-12(23)9-30-18/h2,5,7-10,13-14H,3-4H2,1H3,(H,31,32,35)/t10-,13-,14-/m1/s1. The summed E-state index contributed by atoms with van der Waals surface area (Å²) in [5.41, 5.74) is -1.05. The normalized spacial score (nSPS) is 18.7. The molecule has 1 N–H and O–H groups in total. The van der Waals surface area contributed by atoms with Crippen molar-refractivity contribution in [2.45, 2.75) is 43.8 Å². The lowest BCUT2D eigenvalue weighted by molar-refractivity contribution is -0.141. The molecule has 0 amide bonds. The summed E-state index contributed by atoms with van der Waals surface area (Å²) < 4.78 is 40.8. The molecule has 4 heterocycles. The van der Waals surface area contributed by atoms with Crippen LogP contribution in [0.1, 0.15) is 66.2 Å². The molecule has 1 aliphatic carbocycles. The van der Waals surface area contributed by atoms with Gasteiger partial charge in [0.2, 0.25) is 0 Å². The van der Waals surface area contributed by atoms with Gasteiger partial charge in [-0.25, -0.2) is 19.6 Å². The SMILES string of the molecule is C[C@H](c1ccc(C(F)(F)F)nc1)n1nc(C#N)c2c(=O)[nH]c([C@@H]3CC[C@H]3c3ncc(Br)cn3)nc21. The van der Waals surface area contributed by atoms with Crippen molar-refractivity contribution < 1.29 is 13.2 Å². The molecule has 0 aromatic carbocycles. The van der Waals surface area contributed by atoms with E-state index in [4.69, 9.17) is 0 Å². The molecule has 9 nitrogen and oxygen atoms in total. The summed E-state index contributed by atoms with van der Waals surface area (Å²) >= 11 is 3.31. The maximum Gasteiger partial charge on any atom is 0.433 e. The highest BCUT2D eigenvalue weighted by molar-refractivity contribution is 9.10. The van der Waals surface area contributed by atoms with Crippen molar-refractivity contribution in [3.05, 3.63) is 74.1 Å². The van der Waals surface area contributed by atoms with Gasteiger partial charge in [0.15, 0.2) is 11.3 Å². The zero-order valence-electron chi connectivity index (χ0n) is 18.1. The lowest BCUT2D eigenvalue weighted by atomic mass is 9.72. The average Bonchev–Trinajstić information content (AvgIpc) is 3.18. The van der Waals surface area contributed by atoms with Gasteiger partial charge in [0.25, 0.3) is 5.56 Å². The molecule has 0 spiro atoms. The number of rotatable bonds is 4. The summed E-state index contributed by atoms with van der Waals surface area (Å²) in [7, 11) is 0. The van der Waals surface area contributed by atoms with E-state index in [-0.39, 0.29) is 28.6 Å². The van der Waals surface area contributed by atoms with Crippen LogP contribution < -0.4 is 5.56 Å². The Bertz CT molecular complexity index is 1510. The Labute approximate surface area is 204 Å². The number of pyridine rings is 1. The van der Waals surface area contributed by atoms with Crippen molar-refractivity contribution in [1.82, 2.24) is 34.7 Å².